The number of benzene rings is 1. The molecule has 1 rings (SSSR count). The van der Waals surface area contributed by atoms with Gasteiger partial charge >= 0.3 is 0 Å². The lowest BCUT2D eigenvalue weighted by Crippen LogP contribution is -2.21. The molecule has 0 saturated heterocycles. The Morgan fingerprint density at radius 2 is 1.55 bits per heavy atom. The number of rotatable bonds is 5. The first-order chi connectivity index (χ1) is 8.92. The lowest BCUT2D eigenvalue weighted by molar-refractivity contribution is 0.587. The van der Waals surface area contributed by atoms with Gasteiger partial charge in [-0.15, -0.1) is 0 Å². The summed E-state index contributed by atoms with van der Waals surface area (Å²) < 4.78 is 49.0. The number of nitrogens with one attached hydrogen (secondary N) is 1. The Kier molecular flexibility index (Phi) is 4.83. The van der Waals surface area contributed by atoms with Gasteiger partial charge in [0.25, 0.3) is 0 Å². The van der Waals surface area contributed by atoms with Gasteiger partial charge < -0.3 is 0 Å². The van der Waals surface area contributed by atoms with Crippen molar-refractivity contribution in [2.24, 2.45) is 11.1 Å². The maximum atomic E-state index is 11.9. The molecule has 0 bridgehead atoms. The van der Waals surface area contributed by atoms with E-state index in [4.69, 9.17) is 5.14 Å². The highest BCUT2D eigenvalue weighted by atomic mass is 32.2. The first kappa shape index (κ1) is 16.9. The topological polar surface area (TPSA) is 106 Å². The minimum Gasteiger partial charge on any atom is -0.283 e. The van der Waals surface area contributed by atoms with Crippen LogP contribution in [-0.4, -0.2) is 22.6 Å². The first-order valence-corrected chi connectivity index (χ1v) is 9.27. The highest BCUT2D eigenvalue weighted by Gasteiger charge is 2.18. The fraction of sp³-hybridized carbons (Fsp3) is 0.500. The molecule has 3 N–H and O–H groups in total. The summed E-state index contributed by atoms with van der Waals surface area (Å²) in [6.07, 6.45) is 0. The molecule has 0 heterocycles. The minimum atomic E-state index is -3.80. The highest BCUT2D eigenvalue weighted by Crippen LogP contribution is 2.25. The van der Waals surface area contributed by atoms with Gasteiger partial charge in [0.1, 0.15) is 0 Å². The van der Waals surface area contributed by atoms with E-state index in [1.54, 1.807) is 13.8 Å². The number of sulfonamides is 2. The number of aryl methyl sites for hydroxylation is 2. The van der Waals surface area contributed by atoms with E-state index in [1.807, 2.05) is 13.8 Å². The molecule has 0 atom stereocenters. The largest absolute Gasteiger partial charge is 0.283 e. The van der Waals surface area contributed by atoms with E-state index in [0.29, 0.717) is 16.8 Å². The quantitative estimate of drug-likeness (QED) is 0.854. The molecule has 0 amide bonds. The minimum absolute atomic E-state index is 0.00280. The Balaban J connectivity index is 3.23. The Morgan fingerprint density at radius 3 is 1.90 bits per heavy atom. The van der Waals surface area contributed by atoms with Crippen LogP contribution in [0.1, 0.15) is 25.0 Å². The zero-order valence-electron chi connectivity index (χ0n) is 12.0. The van der Waals surface area contributed by atoms with Gasteiger partial charge in [-0.2, -0.15) is 0 Å². The van der Waals surface area contributed by atoms with Crippen molar-refractivity contribution in [3.05, 3.63) is 23.3 Å². The summed E-state index contributed by atoms with van der Waals surface area (Å²) in [6.45, 7) is 6.88. The van der Waals surface area contributed by atoms with Crippen molar-refractivity contribution in [2.75, 3.05) is 10.5 Å². The standard InChI is InChI=1S/C12H20N2O4S2/c1-8(2)7-19(15,16)14-12-9(3)5-11(6-10(12)4)20(13,17)18/h5-6,8,14H,7H2,1-4H3,(H2,13,17,18). The lowest BCUT2D eigenvalue weighted by atomic mass is 10.1. The number of hydrogen-bond acceptors (Lipinski definition) is 4. The summed E-state index contributed by atoms with van der Waals surface area (Å²) in [5, 5.41) is 5.07. The van der Waals surface area contributed by atoms with Crippen molar-refractivity contribution in [1.29, 1.82) is 0 Å². The van der Waals surface area contributed by atoms with Crippen LogP contribution in [0.3, 0.4) is 0 Å². The molecule has 1 aromatic rings. The highest BCUT2D eigenvalue weighted by molar-refractivity contribution is 7.92. The van der Waals surface area contributed by atoms with Crippen LogP contribution < -0.4 is 9.86 Å². The van der Waals surface area contributed by atoms with Gasteiger partial charge in [-0.1, -0.05) is 13.8 Å². The van der Waals surface area contributed by atoms with Gasteiger partial charge in [0.05, 0.1) is 16.3 Å². The molecule has 6 nitrogen and oxygen atoms in total. The van der Waals surface area contributed by atoms with Gasteiger partial charge in [-0.25, -0.2) is 22.0 Å². The molecule has 0 aliphatic heterocycles. The van der Waals surface area contributed by atoms with Gasteiger partial charge in [0.15, 0.2) is 0 Å². The van der Waals surface area contributed by atoms with Crippen molar-refractivity contribution >= 4 is 25.7 Å². The molecule has 0 aromatic heterocycles. The average Bonchev–Trinajstić information content (AvgIpc) is 2.19. The van der Waals surface area contributed by atoms with Crippen molar-refractivity contribution in [3.8, 4) is 0 Å². The third-order valence-corrected chi connectivity index (χ3v) is 5.16. The Labute approximate surface area is 120 Å². The van der Waals surface area contributed by atoms with E-state index in [9.17, 15) is 16.8 Å². The van der Waals surface area contributed by atoms with E-state index >= 15 is 0 Å². The monoisotopic (exact) mass is 320 g/mol. The SMILES string of the molecule is Cc1cc(S(N)(=O)=O)cc(C)c1NS(=O)(=O)CC(C)C. The zero-order valence-corrected chi connectivity index (χ0v) is 13.6. The maximum Gasteiger partial charge on any atom is 0.238 e. The molecule has 0 aliphatic rings. The summed E-state index contributed by atoms with van der Waals surface area (Å²) in [5.74, 6) is -0.000162. The van der Waals surface area contributed by atoms with Crippen LogP contribution in [0.4, 0.5) is 5.69 Å². The maximum absolute atomic E-state index is 11.9. The number of primary sulfonamides is 1. The summed E-state index contributed by atoms with van der Waals surface area (Å²) in [7, 11) is -7.26. The summed E-state index contributed by atoms with van der Waals surface area (Å²) in [4.78, 5) is -0.0284. The van der Waals surface area contributed by atoms with Crippen LogP contribution in [-0.2, 0) is 20.0 Å². The molecule has 20 heavy (non-hydrogen) atoms. The molecule has 114 valence electrons. The number of hydrogen-bond donors (Lipinski definition) is 2. The predicted octanol–water partition coefficient (Wildman–Crippen LogP) is 1.35. The van der Waals surface area contributed by atoms with Gasteiger partial charge in [-0.05, 0) is 43.0 Å². The second-order valence-electron chi connectivity index (χ2n) is 5.25. The van der Waals surface area contributed by atoms with E-state index < -0.39 is 20.0 Å². The first-order valence-electron chi connectivity index (χ1n) is 6.07. The molecule has 0 saturated carbocycles. The molecule has 0 spiro atoms. The van der Waals surface area contributed by atoms with Crippen LogP contribution in [0, 0.1) is 19.8 Å². The molecule has 0 radical (unpaired) electrons. The van der Waals surface area contributed by atoms with E-state index in [0.717, 1.165) is 0 Å². The third-order valence-electron chi connectivity index (χ3n) is 2.65. The Hall–Kier alpha value is -1.12. The predicted molar refractivity (Wildman–Crippen MR) is 79.5 cm³/mol. The number of nitrogens with two attached hydrogens (primary N) is 1. The second-order valence-corrected chi connectivity index (χ2v) is 8.58. The lowest BCUT2D eigenvalue weighted by Gasteiger charge is -2.15. The molecule has 1 aromatic carbocycles. The van der Waals surface area contributed by atoms with Gasteiger partial charge in [0.2, 0.25) is 20.0 Å². The fourth-order valence-corrected chi connectivity index (χ4v) is 4.16. The summed E-state index contributed by atoms with van der Waals surface area (Å²) in [5.41, 5.74) is 1.43. The van der Waals surface area contributed by atoms with Crippen LogP contribution in [0.2, 0.25) is 0 Å². The van der Waals surface area contributed by atoms with E-state index in [-0.39, 0.29) is 16.6 Å². The van der Waals surface area contributed by atoms with Crippen LogP contribution in [0.25, 0.3) is 0 Å². The Bertz CT molecular complexity index is 684. The van der Waals surface area contributed by atoms with Crippen LogP contribution in [0.15, 0.2) is 17.0 Å². The molecule has 8 heteroatoms. The summed E-state index contributed by atoms with van der Waals surface area (Å²) in [6, 6.07) is 2.71. The van der Waals surface area contributed by atoms with Crippen LogP contribution in [0.5, 0.6) is 0 Å². The van der Waals surface area contributed by atoms with Crippen molar-refractivity contribution in [1.82, 2.24) is 0 Å². The van der Waals surface area contributed by atoms with Gasteiger partial charge in [0, 0.05) is 0 Å². The molecule has 0 unspecified atom stereocenters. The van der Waals surface area contributed by atoms with Crippen LogP contribution >= 0.6 is 0 Å². The second kappa shape index (κ2) is 5.71. The average molecular weight is 320 g/mol. The molecule has 0 aliphatic carbocycles. The smallest absolute Gasteiger partial charge is 0.238 e. The third kappa shape index (κ3) is 4.46. The van der Waals surface area contributed by atoms with E-state index in [2.05, 4.69) is 4.72 Å². The van der Waals surface area contributed by atoms with E-state index in [1.165, 1.54) is 12.1 Å². The fourth-order valence-electron chi connectivity index (χ4n) is 1.89. The number of anilines is 1. The normalized spacial score (nSPS) is 12.7. The van der Waals surface area contributed by atoms with Crippen molar-refractivity contribution in [2.45, 2.75) is 32.6 Å². The van der Waals surface area contributed by atoms with Gasteiger partial charge in [-0.3, -0.25) is 4.72 Å². The zero-order chi connectivity index (χ0) is 15.7. The molecule has 0 fully saturated rings. The Morgan fingerprint density at radius 1 is 1.10 bits per heavy atom. The molecular formula is C12H20N2O4S2. The summed E-state index contributed by atoms with van der Waals surface area (Å²) >= 11 is 0. The molecular weight excluding hydrogens is 300 g/mol. The van der Waals surface area contributed by atoms with Crippen molar-refractivity contribution in [3.63, 3.8) is 0 Å². The van der Waals surface area contributed by atoms with Crippen molar-refractivity contribution < 1.29 is 16.8 Å².